The van der Waals surface area contributed by atoms with E-state index in [4.69, 9.17) is 5.73 Å². The number of hydrogen-bond donors (Lipinski definition) is 1. The smallest absolute Gasteiger partial charge is 0.369 e. The monoisotopic (exact) mass is 646 g/mol. The average molecular weight is 647 g/mol. The molecule has 4 aromatic rings. The highest BCUT2D eigenvalue weighted by Gasteiger charge is 2.49. The topological polar surface area (TPSA) is 96.8 Å². The summed E-state index contributed by atoms with van der Waals surface area (Å²) in [4.78, 5) is 35.0. The SMILES string of the molecule is CC(C)CCC1(c2ccc(F)cc2)N=C(N)N(Cc2ccc(C(F)(F)F)c(C(=O)N3CCc4c(cnn4-c4ccccc4)C3)c2)C1=O. The molecular formula is C35H34F4N6O2. The van der Waals surface area contributed by atoms with Crippen LogP contribution in [-0.4, -0.2) is 43.9 Å². The second-order valence-corrected chi connectivity index (χ2v) is 12.4. The number of aliphatic imine (C=N–C) groups is 1. The largest absolute Gasteiger partial charge is 0.417 e. The third-order valence-electron chi connectivity index (χ3n) is 8.77. The summed E-state index contributed by atoms with van der Waals surface area (Å²) in [7, 11) is 0. The van der Waals surface area contributed by atoms with E-state index in [1.54, 1.807) is 10.9 Å². The fraction of sp³-hybridized carbons (Fsp3) is 0.314. The van der Waals surface area contributed by atoms with E-state index in [1.165, 1.54) is 46.2 Å². The molecule has 47 heavy (non-hydrogen) atoms. The average Bonchev–Trinajstić information content (AvgIpc) is 3.58. The normalized spacial score (nSPS) is 18.1. The molecule has 12 heteroatoms. The summed E-state index contributed by atoms with van der Waals surface area (Å²) >= 11 is 0. The number of nitrogens with zero attached hydrogens (tertiary/aromatic N) is 5. The summed E-state index contributed by atoms with van der Waals surface area (Å²) < 4.78 is 58.2. The van der Waals surface area contributed by atoms with Gasteiger partial charge >= 0.3 is 6.18 Å². The molecule has 1 aromatic heterocycles. The number of carbonyl (C=O) groups excluding carboxylic acids is 2. The standard InChI is InChI=1S/C35H34F4N6O2/c1-22(2)14-16-34(25-9-11-26(36)12-10-25)32(47)44(33(40)42-34)20-23-8-13-29(35(37,38)39)28(18-23)31(46)43-17-15-30-24(21-43)19-41-45(30)27-6-4-3-5-7-27/h3-13,18-19,22H,14-17,20-21H2,1-2H3,(H2,40,42). The fourth-order valence-corrected chi connectivity index (χ4v) is 6.27. The molecule has 0 aliphatic carbocycles. The zero-order valence-corrected chi connectivity index (χ0v) is 26.0. The number of alkyl halides is 3. The third-order valence-corrected chi connectivity index (χ3v) is 8.77. The molecule has 0 radical (unpaired) electrons. The van der Waals surface area contributed by atoms with E-state index in [2.05, 4.69) is 10.1 Å². The van der Waals surface area contributed by atoms with Crippen molar-refractivity contribution in [3.8, 4) is 5.69 Å². The second-order valence-electron chi connectivity index (χ2n) is 12.4. The van der Waals surface area contributed by atoms with Crippen LogP contribution < -0.4 is 5.73 Å². The van der Waals surface area contributed by atoms with Gasteiger partial charge in [0.05, 0.1) is 35.2 Å². The molecule has 3 heterocycles. The molecule has 0 saturated carbocycles. The summed E-state index contributed by atoms with van der Waals surface area (Å²) in [5.41, 5.74) is 6.56. The van der Waals surface area contributed by atoms with Crippen LogP contribution in [0.2, 0.25) is 0 Å². The van der Waals surface area contributed by atoms with Crippen LogP contribution >= 0.6 is 0 Å². The first kappa shape index (κ1) is 32.0. The van der Waals surface area contributed by atoms with Gasteiger partial charge in [-0.15, -0.1) is 0 Å². The molecule has 2 amide bonds. The highest BCUT2D eigenvalue weighted by atomic mass is 19.4. The molecular weight excluding hydrogens is 612 g/mol. The highest BCUT2D eigenvalue weighted by molar-refractivity contribution is 6.07. The van der Waals surface area contributed by atoms with Gasteiger partial charge in [-0.25, -0.2) is 14.1 Å². The van der Waals surface area contributed by atoms with E-state index < -0.39 is 40.5 Å². The Hall–Kier alpha value is -5.00. The van der Waals surface area contributed by atoms with Gasteiger partial charge in [-0.05, 0) is 66.3 Å². The Morgan fingerprint density at radius 2 is 1.77 bits per heavy atom. The van der Waals surface area contributed by atoms with Gasteiger partial charge < -0.3 is 10.6 Å². The van der Waals surface area contributed by atoms with E-state index in [-0.39, 0.29) is 37.1 Å². The summed E-state index contributed by atoms with van der Waals surface area (Å²) in [6, 6.07) is 18.3. The van der Waals surface area contributed by atoms with Crippen molar-refractivity contribution in [2.45, 2.75) is 57.9 Å². The van der Waals surface area contributed by atoms with Gasteiger partial charge in [0.1, 0.15) is 5.82 Å². The Morgan fingerprint density at radius 3 is 2.45 bits per heavy atom. The first-order valence-corrected chi connectivity index (χ1v) is 15.4. The van der Waals surface area contributed by atoms with Crippen LogP contribution in [0.1, 0.15) is 65.0 Å². The molecule has 1 atom stereocenters. The zero-order valence-electron chi connectivity index (χ0n) is 26.0. The number of benzene rings is 3. The number of rotatable bonds is 8. The molecule has 3 aromatic carbocycles. The van der Waals surface area contributed by atoms with Crippen LogP contribution in [-0.2, 0) is 36.0 Å². The molecule has 8 nitrogen and oxygen atoms in total. The molecule has 2 aliphatic heterocycles. The molecule has 0 fully saturated rings. The maximum absolute atomic E-state index is 14.2. The van der Waals surface area contributed by atoms with Gasteiger partial charge in [0.2, 0.25) is 0 Å². The molecule has 0 saturated heterocycles. The van der Waals surface area contributed by atoms with Crippen LogP contribution in [0.5, 0.6) is 0 Å². The first-order chi connectivity index (χ1) is 22.4. The van der Waals surface area contributed by atoms with Crippen molar-refractivity contribution in [1.29, 1.82) is 0 Å². The Bertz CT molecular complexity index is 1830. The number of nitrogens with two attached hydrogens (primary N) is 1. The second kappa shape index (κ2) is 12.3. The molecule has 0 bridgehead atoms. The third kappa shape index (κ3) is 6.11. The van der Waals surface area contributed by atoms with Gasteiger partial charge in [-0.1, -0.05) is 50.2 Å². The minimum atomic E-state index is -4.79. The predicted molar refractivity (Wildman–Crippen MR) is 168 cm³/mol. The van der Waals surface area contributed by atoms with Crippen molar-refractivity contribution in [2.24, 2.45) is 16.6 Å². The predicted octanol–water partition coefficient (Wildman–Crippen LogP) is 6.22. The Labute approximate surface area is 269 Å². The summed E-state index contributed by atoms with van der Waals surface area (Å²) in [5.74, 6) is -1.58. The summed E-state index contributed by atoms with van der Waals surface area (Å²) in [6.45, 7) is 4.10. The van der Waals surface area contributed by atoms with Gasteiger partial charge in [-0.3, -0.25) is 14.5 Å². The molecule has 0 spiro atoms. The lowest BCUT2D eigenvalue weighted by molar-refractivity contribution is -0.138. The number of aromatic nitrogens is 2. The number of hydrogen-bond acceptors (Lipinski definition) is 5. The van der Waals surface area contributed by atoms with E-state index >= 15 is 0 Å². The number of carbonyl (C=O) groups is 2. The van der Waals surface area contributed by atoms with Crippen LogP contribution in [0, 0.1) is 11.7 Å². The van der Waals surface area contributed by atoms with Crippen molar-refractivity contribution in [3.05, 3.63) is 118 Å². The lowest BCUT2D eigenvalue weighted by Gasteiger charge is -2.29. The van der Waals surface area contributed by atoms with Crippen LogP contribution in [0.4, 0.5) is 17.6 Å². The molecule has 2 N–H and O–H groups in total. The maximum atomic E-state index is 14.2. The first-order valence-electron chi connectivity index (χ1n) is 15.4. The number of guanidine groups is 1. The van der Waals surface area contributed by atoms with Crippen molar-refractivity contribution in [3.63, 3.8) is 0 Å². The number of para-hydroxylation sites is 1. The van der Waals surface area contributed by atoms with Gasteiger partial charge in [-0.2, -0.15) is 18.3 Å². The minimum absolute atomic E-state index is 0.1000. The Kier molecular flexibility index (Phi) is 8.37. The molecule has 1 unspecified atom stereocenters. The quantitative estimate of drug-likeness (QED) is 0.230. The highest BCUT2D eigenvalue weighted by Crippen LogP contribution is 2.40. The van der Waals surface area contributed by atoms with Crippen molar-refractivity contribution >= 4 is 17.8 Å². The van der Waals surface area contributed by atoms with Crippen LogP contribution in [0.3, 0.4) is 0 Å². The summed E-state index contributed by atoms with van der Waals surface area (Å²) in [5, 5.41) is 4.46. The van der Waals surface area contributed by atoms with Crippen molar-refractivity contribution < 1.29 is 27.2 Å². The fourth-order valence-electron chi connectivity index (χ4n) is 6.27. The summed E-state index contributed by atoms with van der Waals surface area (Å²) in [6.07, 6.45) is -1.82. The maximum Gasteiger partial charge on any atom is 0.417 e. The lowest BCUT2D eigenvalue weighted by atomic mass is 9.83. The van der Waals surface area contributed by atoms with Crippen molar-refractivity contribution in [2.75, 3.05) is 6.54 Å². The number of fused-ring (bicyclic) bond motifs is 1. The van der Waals surface area contributed by atoms with Crippen LogP contribution in [0.15, 0.2) is 84.0 Å². The Balaban J connectivity index is 1.28. The van der Waals surface area contributed by atoms with Crippen LogP contribution in [0.25, 0.3) is 5.69 Å². The van der Waals surface area contributed by atoms with Crippen molar-refractivity contribution in [1.82, 2.24) is 19.6 Å². The molecule has 2 aliphatic rings. The van der Waals surface area contributed by atoms with E-state index in [0.29, 0.717) is 24.8 Å². The zero-order chi connectivity index (χ0) is 33.5. The van der Waals surface area contributed by atoms with E-state index in [0.717, 1.165) is 23.0 Å². The van der Waals surface area contributed by atoms with E-state index in [1.807, 2.05) is 44.2 Å². The molecule has 6 rings (SSSR count). The molecule has 244 valence electrons. The number of amides is 2. The van der Waals surface area contributed by atoms with Gasteiger partial charge in [0, 0.05) is 25.1 Å². The van der Waals surface area contributed by atoms with Gasteiger partial charge in [0.25, 0.3) is 11.8 Å². The van der Waals surface area contributed by atoms with Gasteiger partial charge in [0.15, 0.2) is 11.5 Å². The Morgan fingerprint density at radius 1 is 1.04 bits per heavy atom. The van der Waals surface area contributed by atoms with E-state index in [9.17, 15) is 27.2 Å². The lowest BCUT2D eigenvalue weighted by Crippen LogP contribution is -2.42. The minimum Gasteiger partial charge on any atom is -0.369 e. The number of halogens is 4.